The van der Waals surface area contributed by atoms with Crippen LogP contribution in [0.25, 0.3) is 0 Å². The SMILES string of the molecule is CCNC(CCO)CS(=O)(=O)CCC(=O)OC. The fourth-order valence-electron chi connectivity index (χ4n) is 1.42. The molecule has 0 aromatic rings. The Kier molecular flexibility index (Phi) is 8.11. The molecule has 0 aliphatic rings. The van der Waals surface area contributed by atoms with Gasteiger partial charge in [0.05, 0.1) is 25.0 Å². The molecule has 0 aromatic carbocycles. The number of hydrogen-bond donors (Lipinski definition) is 2. The van der Waals surface area contributed by atoms with Crippen LogP contribution < -0.4 is 5.32 Å². The van der Waals surface area contributed by atoms with E-state index in [0.29, 0.717) is 13.0 Å². The molecular weight excluding hydrogens is 246 g/mol. The number of rotatable bonds is 9. The summed E-state index contributed by atoms with van der Waals surface area (Å²) < 4.78 is 27.7. The van der Waals surface area contributed by atoms with Crippen molar-refractivity contribution in [2.24, 2.45) is 0 Å². The maximum absolute atomic E-state index is 11.7. The molecule has 0 aliphatic heterocycles. The van der Waals surface area contributed by atoms with E-state index in [1.165, 1.54) is 7.11 Å². The van der Waals surface area contributed by atoms with Gasteiger partial charge in [0.25, 0.3) is 0 Å². The molecule has 7 heteroatoms. The maximum Gasteiger partial charge on any atom is 0.306 e. The Morgan fingerprint density at radius 2 is 2.12 bits per heavy atom. The topological polar surface area (TPSA) is 92.7 Å². The van der Waals surface area contributed by atoms with Crippen molar-refractivity contribution in [1.29, 1.82) is 0 Å². The molecule has 0 rings (SSSR count). The van der Waals surface area contributed by atoms with E-state index in [1.54, 1.807) is 0 Å². The molecule has 0 aromatic heterocycles. The van der Waals surface area contributed by atoms with Crippen LogP contribution in [0, 0.1) is 0 Å². The molecule has 0 bridgehead atoms. The summed E-state index contributed by atoms with van der Waals surface area (Å²) in [5.41, 5.74) is 0. The highest BCUT2D eigenvalue weighted by molar-refractivity contribution is 7.91. The van der Waals surface area contributed by atoms with Gasteiger partial charge in [-0.15, -0.1) is 0 Å². The van der Waals surface area contributed by atoms with Crippen molar-refractivity contribution in [3.63, 3.8) is 0 Å². The number of hydrogen-bond acceptors (Lipinski definition) is 6. The van der Waals surface area contributed by atoms with Gasteiger partial charge in [0, 0.05) is 12.6 Å². The van der Waals surface area contributed by atoms with Crippen molar-refractivity contribution in [3.8, 4) is 0 Å². The summed E-state index contributed by atoms with van der Waals surface area (Å²) in [6.07, 6.45) is 0.252. The Bertz CT molecular complexity index is 309. The molecule has 0 aliphatic carbocycles. The van der Waals surface area contributed by atoms with Gasteiger partial charge in [0.15, 0.2) is 9.84 Å². The zero-order chi connectivity index (χ0) is 13.3. The smallest absolute Gasteiger partial charge is 0.306 e. The third-order valence-corrected chi connectivity index (χ3v) is 4.01. The molecule has 102 valence electrons. The molecule has 17 heavy (non-hydrogen) atoms. The second-order valence-electron chi connectivity index (χ2n) is 3.71. The fourth-order valence-corrected chi connectivity index (χ4v) is 2.96. The predicted molar refractivity (Wildman–Crippen MR) is 64.5 cm³/mol. The minimum Gasteiger partial charge on any atom is -0.469 e. The van der Waals surface area contributed by atoms with Crippen LogP contribution in [-0.4, -0.2) is 57.3 Å². The lowest BCUT2D eigenvalue weighted by atomic mass is 10.2. The number of ether oxygens (including phenoxy) is 1. The normalized spacial score (nSPS) is 13.4. The van der Waals surface area contributed by atoms with E-state index < -0.39 is 15.8 Å². The predicted octanol–water partition coefficient (Wildman–Crippen LogP) is -0.675. The molecule has 0 fully saturated rings. The van der Waals surface area contributed by atoms with Crippen molar-refractivity contribution >= 4 is 15.8 Å². The van der Waals surface area contributed by atoms with E-state index in [0.717, 1.165) is 0 Å². The lowest BCUT2D eigenvalue weighted by molar-refractivity contribution is -0.140. The summed E-state index contributed by atoms with van der Waals surface area (Å²) in [7, 11) is -2.08. The Balaban J connectivity index is 4.24. The average molecular weight is 267 g/mol. The Hall–Kier alpha value is -0.660. The molecule has 0 saturated heterocycles. The lowest BCUT2D eigenvalue weighted by Crippen LogP contribution is -2.37. The second kappa shape index (κ2) is 8.43. The third-order valence-electron chi connectivity index (χ3n) is 2.27. The van der Waals surface area contributed by atoms with E-state index in [4.69, 9.17) is 5.11 Å². The van der Waals surface area contributed by atoms with Gasteiger partial charge in [-0.05, 0) is 13.0 Å². The minimum atomic E-state index is -3.30. The van der Waals surface area contributed by atoms with E-state index in [-0.39, 0.29) is 30.6 Å². The average Bonchev–Trinajstić information content (AvgIpc) is 2.26. The Morgan fingerprint density at radius 1 is 1.47 bits per heavy atom. The number of aliphatic hydroxyl groups is 1. The van der Waals surface area contributed by atoms with Gasteiger partial charge < -0.3 is 15.2 Å². The lowest BCUT2D eigenvalue weighted by Gasteiger charge is -2.16. The quantitative estimate of drug-likeness (QED) is 0.538. The minimum absolute atomic E-state index is 0.0653. The van der Waals surface area contributed by atoms with E-state index in [2.05, 4.69) is 10.1 Å². The highest BCUT2D eigenvalue weighted by Gasteiger charge is 2.19. The first-order valence-corrected chi connectivity index (χ1v) is 7.38. The maximum atomic E-state index is 11.7. The van der Waals surface area contributed by atoms with Gasteiger partial charge >= 0.3 is 5.97 Å². The van der Waals surface area contributed by atoms with Crippen LogP contribution >= 0.6 is 0 Å². The number of sulfone groups is 1. The molecule has 0 heterocycles. The summed E-state index contributed by atoms with van der Waals surface area (Å²) >= 11 is 0. The first kappa shape index (κ1) is 16.3. The summed E-state index contributed by atoms with van der Waals surface area (Å²) in [6, 6.07) is -0.271. The van der Waals surface area contributed by atoms with Crippen LogP contribution in [0.1, 0.15) is 19.8 Å². The van der Waals surface area contributed by atoms with Crippen molar-refractivity contribution < 1.29 is 23.1 Å². The molecule has 6 nitrogen and oxygen atoms in total. The second-order valence-corrected chi connectivity index (χ2v) is 5.94. The summed E-state index contributed by atoms with van der Waals surface area (Å²) in [4.78, 5) is 10.9. The number of aliphatic hydroxyl groups excluding tert-OH is 1. The summed E-state index contributed by atoms with van der Waals surface area (Å²) in [5, 5.41) is 11.8. The number of carbonyl (C=O) groups excluding carboxylic acids is 1. The van der Waals surface area contributed by atoms with Crippen LogP contribution in [-0.2, 0) is 19.4 Å². The van der Waals surface area contributed by atoms with Gasteiger partial charge in [-0.2, -0.15) is 0 Å². The molecular formula is C10H21NO5S. The molecule has 0 spiro atoms. The Labute approximate surface area is 102 Å². The molecule has 0 saturated carbocycles. The first-order valence-electron chi connectivity index (χ1n) is 5.56. The van der Waals surface area contributed by atoms with Gasteiger partial charge in [-0.3, -0.25) is 4.79 Å². The number of carbonyl (C=O) groups is 1. The van der Waals surface area contributed by atoms with Crippen molar-refractivity contribution in [2.75, 3.05) is 31.8 Å². The molecule has 1 unspecified atom stereocenters. The van der Waals surface area contributed by atoms with Crippen LogP contribution in [0.4, 0.5) is 0 Å². The van der Waals surface area contributed by atoms with Gasteiger partial charge in [0.2, 0.25) is 0 Å². The fraction of sp³-hybridized carbons (Fsp3) is 0.900. The number of nitrogens with one attached hydrogen (secondary N) is 1. The van der Waals surface area contributed by atoms with E-state index in [9.17, 15) is 13.2 Å². The van der Waals surface area contributed by atoms with Crippen LogP contribution in [0.3, 0.4) is 0 Å². The van der Waals surface area contributed by atoms with Crippen LogP contribution in [0.2, 0.25) is 0 Å². The highest BCUT2D eigenvalue weighted by Crippen LogP contribution is 2.02. The van der Waals surface area contributed by atoms with Crippen LogP contribution in [0.15, 0.2) is 0 Å². The number of esters is 1. The zero-order valence-corrected chi connectivity index (χ0v) is 11.1. The first-order chi connectivity index (χ1) is 7.95. The molecule has 1 atom stereocenters. The van der Waals surface area contributed by atoms with Gasteiger partial charge in [0.1, 0.15) is 0 Å². The molecule has 0 radical (unpaired) electrons. The van der Waals surface area contributed by atoms with Gasteiger partial charge in [-0.1, -0.05) is 6.92 Å². The molecule has 2 N–H and O–H groups in total. The largest absolute Gasteiger partial charge is 0.469 e. The summed E-state index contributed by atoms with van der Waals surface area (Å²) in [5.74, 6) is -0.818. The van der Waals surface area contributed by atoms with Crippen molar-refractivity contribution in [1.82, 2.24) is 5.32 Å². The monoisotopic (exact) mass is 267 g/mol. The third kappa shape index (κ3) is 8.12. The molecule has 0 amide bonds. The highest BCUT2D eigenvalue weighted by atomic mass is 32.2. The number of methoxy groups -OCH3 is 1. The Morgan fingerprint density at radius 3 is 2.59 bits per heavy atom. The van der Waals surface area contributed by atoms with Crippen LogP contribution in [0.5, 0.6) is 0 Å². The van der Waals surface area contributed by atoms with Crippen molar-refractivity contribution in [2.45, 2.75) is 25.8 Å². The summed E-state index contributed by atoms with van der Waals surface area (Å²) in [6.45, 7) is 2.44. The van der Waals surface area contributed by atoms with Gasteiger partial charge in [-0.25, -0.2) is 8.42 Å². The zero-order valence-electron chi connectivity index (χ0n) is 10.3. The van der Waals surface area contributed by atoms with E-state index in [1.807, 2.05) is 6.92 Å². The van der Waals surface area contributed by atoms with Crippen molar-refractivity contribution in [3.05, 3.63) is 0 Å². The van der Waals surface area contributed by atoms with E-state index >= 15 is 0 Å². The standard InChI is InChI=1S/C10H21NO5S/c1-3-11-9(4-6-12)8-17(14,15)7-5-10(13)16-2/h9,11-12H,3-8H2,1-2H3.